The summed E-state index contributed by atoms with van der Waals surface area (Å²) < 4.78 is 1.73. The van der Waals surface area contributed by atoms with Crippen LogP contribution >= 0.6 is 0 Å². The summed E-state index contributed by atoms with van der Waals surface area (Å²) in [5, 5.41) is 7.93. The van der Waals surface area contributed by atoms with E-state index < -0.39 is 0 Å². The van der Waals surface area contributed by atoms with Gasteiger partial charge in [-0.05, 0) is 12.3 Å². The second-order valence-electron chi connectivity index (χ2n) is 4.38. The van der Waals surface area contributed by atoms with Gasteiger partial charge >= 0.3 is 0 Å². The van der Waals surface area contributed by atoms with Crippen molar-refractivity contribution in [2.45, 2.75) is 38.1 Å². The van der Waals surface area contributed by atoms with Crippen molar-refractivity contribution in [1.82, 2.24) is 15.0 Å². The van der Waals surface area contributed by atoms with Gasteiger partial charge in [-0.15, -0.1) is 5.10 Å². The Labute approximate surface area is 84.5 Å². The standard InChI is InChI=1S/C10H18N4/c1-14-7-10(12-13-14)6-9(11)5-8-3-2-4-8/h7-9H,2-6,11H2,1H3. The van der Waals surface area contributed by atoms with Gasteiger partial charge in [-0.1, -0.05) is 24.5 Å². The van der Waals surface area contributed by atoms with Crippen molar-refractivity contribution >= 4 is 0 Å². The minimum Gasteiger partial charge on any atom is -0.327 e. The zero-order valence-electron chi connectivity index (χ0n) is 8.69. The lowest BCUT2D eigenvalue weighted by Crippen LogP contribution is -2.28. The van der Waals surface area contributed by atoms with Crippen molar-refractivity contribution in [2.75, 3.05) is 0 Å². The molecule has 2 rings (SSSR count). The Balaban J connectivity index is 1.78. The molecule has 0 radical (unpaired) electrons. The fourth-order valence-electron chi connectivity index (χ4n) is 2.00. The molecule has 0 amide bonds. The Hall–Kier alpha value is -0.900. The SMILES string of the molecule is Cn1cc(CC(N)CC2CCC2)nn1. The minimum atomic E-state index is 0.261. The molecule has 14 heavy (non-hydrogen) atoms. The van der Waals surface area contributed by atoms with Crippen LogP contribution in [0.4, 0.5) is 0 Å². The van der Waals surface area contributed by atoms with Crippen molar-refractivity contribution in [1.29, 1.82) is 0 Å². The smallest absolute Gasteiger partial charge is 0.0842 e. The predicted molar refractivity (Wildman–Crippen MR) is 54.6 cm³/mol. The summed E-state index contributed by atoms with van der Waals surface area (Å²) in [4.78, 5) is 0. The van der Waals surface area contributed by atoms with E-state index >= 15 is 0 Å². The fourth-order valence-corrected chi connectivity index (χ4v) is 2.00. The summed E-state index contributed by atoms with van der Waals surface area (Å²) in [5.41, 5.74) is 7.06. The highest BCUT2D eigenvalue weighted by Crippen LogP contribution is 2.30. The number of hydrogen-bond donors (Lipinski definition) is 1. The number of nitrogens with zero attached hydrogens (tertiary/aromatic N) is 3. The molecule has 1 aromatic heterocycles. The zero-order valence-corrected chi connectivity index (χ0v) is 8.69. The lowest BCUT2D eigenvalue weighted by atomic mass is 9.80. The highest BCUT2D eigenvalue weighted by atomic mass is 15.4. The van der Waals surface area contributed by atoms with Gasteiger partial charge in [0.15, 0.2) is 0 Å². The molecule has 1 heterocycles. The van der Waals surface area contributed by atoms with Gasteiger partial charge in [0, 0.05) is 25.7 Å². The molecular formula is C10H18N4. The highest BCUT2D eigenvalue weighted by molar-refractivity contribution is 4.95. The maximum absolute atomic E-state index is 6.05. The van der Waals surface area contributed by atoms with E-state index in [-0.39, 0.29) is 6.04 Å². The summed E-state index contributed by atoms with van der Waals surface area (Å²) in [6, 6.07) is 0.261. The summed E-state index contributed by atoms with van der Waals surface area (Å²) >= 11 is 0. The molecule has 4 heteroatoms. The summed E-state index contributed by atoms with van der Waals surface area (Å²) in [6.45, 7) is 0. The first-order chi connectivity index (χ1) is 6.74. The van der Waals surface area contributed by atoms with Crippen LogP contribution in [0.25, 0.3) is 0 Å². The van der Waals surface area contributed by atoms with Crippen molar-refractivity contribution in [2.24, 2.45) is 18.7 Å². The molecule has 0 spiro atoms. The third-order valence-electron chi connectivity index (χ3n) is 2.98. The second kappa shape index (κ2) is 4.09. The van der Waals surface area contributed by atoms with Crippen LogP contribution in [-0.2, 0) is 13.5 Å². The first-order valence-electron chi connectivity index (χ1n) is 5.35. The molecule has 0 aromatic carbocycles. The number of nitrogens with two attached hydrogens (primary N) is 1. The maximum atomic E-state index is 6.05. The minimum absolute atomic E-state index is 0.261. The molecule has 4 nitrogen and oxygen atoms in total. The van der Waals surface area contributed by atoms with Gasteiger partial charge < -0.3 is 5.73 Å². The van der Waals surface area contributed by atoms with Crippen molar-refractivity contribution in [3.8, 4) is 0 Å². The average Bonchev–Trinajstić information content (AvgIpc) is 2.44. The molecule has 1 aliphatic carbocycles. The predicted octanol–water partition coefficient (Wildman–Crippen LogP) is 0.875. The quantitative estimate of drug-likeness (QED) is 0.774. The number of aromatic nitrogens is 3. The van der Waals surface area contributed by atoms with Gasteiger partial charge in [-0.25, -0.2) is 0 Å². The van der Waals surface area contributed by atoms with E-state index in [0.717, 1.165) is 24.5 Å². The Bertz CT molecular complexity index is 290. The van der Waals surface area contributed by atoms with Crippen LogP contribution in [0.3, 0.4) is 0 Å². The lowest BCUT2D eigenvalue weighted by Gasteiger charge is -2.27. The molecule has 1 aromatic rings. The van der Waals surface area contributed by atoms with Crippen LogP contribution in [0, 0.1) is 5.92 Å². The molecule has 1 saturated carbocycles. The van der Waals surface area contributed by atoms with Gasteiger partial charge in [0.1, 0.15) is 0 Å². The molecule has 78 valence electrons. The van der Waals surface area contributed by atoms with Gasteiger partial charge in [-0.2, -0.15) is 0 Å². The van der Waals surface area contributed by atoms with Crippen LogP contribution in [0.15, 0.2) is 6.20 Å². The van der Waals surface area contributed by atoms with E-state index in [2.05, 4.69) is 10.3 Å². The Morgan fingerprint density at radius 2 is 2.43 bits per heavy atom. The van der Waals surface area contributed by atoms with E-state index in [0.29, 0.717) is 0 Å². The van der Waals surface area contributed by atoms with Crippen molar-refractivity contribution in [3.05, 3.63) is 11.9 Å². The van der Waals surface area contributed by atoms with Crippen LogP contribution < -0.4 is 5.73 Å². The Kier molecular flexibility index (Phi) is 2.82. The molecule has 1 fully saturated rings. The topological polar surface area (TPSA) is 56.7 Å². The van der Waals surface area contributed by atoms with Gasteiger partial charge in [-0.3, -0.25) is 4.68 Å². The monoisotopic (exact) mass is 194 g/mol. The van der Waals surface area contributed by atoms with E-state index in [1.54, 1.807) is 4.68 Å². The summed E-state index contributed by atoms with van der Waals surface area (Å²) in [7, 11) is 1.88. The zero-order chi connectivity index (χ0) is 9.97. The fraction of sp³-hybridized carbons (Fsp3) is 0.800. The van der Waals surface area contributed by atoms with Crippen LogP contribution in [0.2, 0.25) is 0 Å². The number of aryl methyl sites for hydroxylation is 1. The molecule has 1 atom stereocenters. The van der Waals surface area contributed by atoms with Gasteiger partial charge in [0.25, 0.3) is 0 Å². The molecule has 0 bridgehead atoms. The van der Waals surface area contributed by atoms with Crippen LogP contribution in [0.5, 0.6) is 0 Å². The molecular weight excluding hydrogens is 176 g/mol. The molecule has 2 N–H and O–H groups in total. The average molecular weight is 194 g/mol. The van der Waals surface area contributed by atoms with Gasteiger partial charge in [0.2, 0.25) is 0 Å². The van der Waals surface area contributed by atoms with Gasteiger partial charge in [0.05, 0.1) is 5.69 Å². The second-order valence-corrected chi connectivity index (χ2v) is 4.38. The largest absolute Gasteiger partial charge is 0.327 e. The molecule has 0 saturated heterocycles. The molecule has 0 aliphatic heterocycles. The Morgan fingerprint density at radius 1 is 1.64 bits per heavy atom. The normalized spacial score (nSPS) is 19.3. The van der Waals surface area contributed by atoms with Crippen LogP contribution in [0.1, 0.15) is 31.4 Å². The third-order valence-corrected chi connectivity index (χ3v) is 2.98. The van der Waals surface area contributed by atoms with Crippen molar-refractivity contribution < 1.29 is 0 Å². The third kappa shape index (κ3) is 2.32. The van der Waals surface area contributed by atoms with E-state index in [9.17, 15) is 0 Å². The number of hydrogen-bond acceptors (Lipinski definition) is 3. The van der Waals surface area contributed by atoms with E-state index in [1.165, 1.54) is 19.3 Å². The highest BCUT2D eigenvalue weighted by Gasteiger charge is 2.20. The lowest BCUT2D eigenvalue weighted by molar-refractivity contribution is 0.275. The van der Waals surface area contributed by atoms with Crippen LogP contribution in [-0.4, -0.2) is 21.0 Å². The Morgan fingerprint density at radius 3 is 2.93 bits per heavy atom. The van der Waals surface area contributed by atoms with Crippen molar-refractivity contribution in [3.63, 3.8) is 0 Å². The molecule has 1 unspecified atom stereocenters. The number of rotatable bonds is 4. The van der Waals surface area contributed by atoms with E-state index in [4.69, 9.17) is 5.73 Å². The van der Waals surface area contributed by atoms with E-state index in [1.807, 2.05) is 13.2 Å². The summed E-state index contributed by atoms with van der Waals surface area (Å²) in [6.07, 6.45) is 8.09. The summed E-state index contributed by atoms with van der Waals surface area (Å²) in [5.74, 6) is 0.877. The first-order valence-corrected chi connectivity index (χ1v) is 5.35. The maximum Gasteiger partial charge on any atom is 0.0842 e. The first kappa shape index (κ1) is 9.65. The molecule has 1 aliphatic rings.